The summed E-state index contributed by atoms with van der Waals surface area (Å²) in [5, 5.41) is 10.9. The molecule has 0 saturated carbocycles. The van der Waals surface area contributed by atoms with E-state index in [1.807, 2.05) is 6.92 Å². The zero-order chi connectivity index (χ0) is 11.4. The predicted octanol–water partition coefficient (Wildman–Crippen LogP) is 4.08. The van der Waals surface area contributed by atoms with Crippen LogP contribution >= 0.6 is 39.3 Å². The number of nitrogens with zero attached hydrogens (tertiary/aromatic N) is 1. The maximum atomic E-state index is 10.8. The average molecular weight is 311 g/mol. The summed E-state index contributed by atoms with van der Waals surface area (Å²) in [7, 11) is 0. The van der Waals surface area contributed by atoms with Gasteiger partial charge in [0.2, 0.25) is 0 Å². The SMILES string of the molecule is CC(CCl)Sc1ccc(Br)cc1[N+](=O)[O-]. The molecule has 15 heavy (non-hydrogen) atoms. The van der Waals surface area contributed by atoms with Gasteiger partial charge in [-0.25, -0.2) is 0 Å². The molecule has 0 aliphatic heterocycles. The van der Waals surface area contributed by atoms with E-state index in [2.05, 4.69) is 15.9 Å². The summed E-state index contributed by atoms with van der Waals surface area (Å²) >= 11 is 10.3. The van der Waals surface area contributed by atoms with Gasteiger partial charge >= 0.3 is 0 Å². The smallest absolute Gasteiger partial charge is 0.258 e. The summed E-state index contributed by atoms with van der Waals surface area (Å²) in [4.78, 5) is 11.1. The van der Waals surface area contributed by atoms with E-state index < -0.39 is 0 Å². The van der Waals surface area contributed by atoms with E-state index in [1.54, 1.807) is 12.1 Å². The lowest BCUT2D eigenvalue weighted by Crippen LogP contribution is -1.99. The molecule has 1 unspecified atom stereocenters. The van der Waals surface area contributed by atoms with Gasteiger partial charge in [-0.15, -0.1) is 23.4 Å². The molecule has 1 aromatic rings. The molecule has 0 heterocycles. The summed E-state index contributed by atoms with van der Waals surface area (Å²) in [6.45, 7) is 1.93. The quantitative estimate of drug-likeness (QED) is 0.364. The van der Waals surface area contributed by atoms with Crippen LogP contribution in [0.25, 0.3) is 0 Å². The van der Waals surface area contributed by atoms with Crippen LogP contribution in [-0.2, 0) is 0 Å². The highest BCUT2D eigenvalue weighted by Crippen LogP contribution is 2.34. The van der Waals surface area contributed by atoms with Gasteiger partial charge in [-0.2, -0.15) is 0 Å². The van der Waals surface area contributed by atoms with Gasteiger partial charge in [-0.3, -0.25) is 10.1 Å². The molecule has 0 aliphatic carbocycles. The topological polar surface area (TPSA) is 43.1 Å². The second-order valence-corrected chi connectivity index (χ2v) is 5.66. The van der Waals surface area contributed by atoms with E-state index in [0.29, 0.717) is 15.2 Å². The van der Waals surface area contributed by atoms with Gasteiger partial charge in [-0.1, -0.05) is 22.9 Å². The largest absolute Gasteiger partial charge is 0.284 e. The fraction of sp³-hybridized carbons (Fsp3) is 0.333. The Morgan fingerprint density at radius 1 is 1.67 bits per heavy atom. The van der Waals surface area contributed by atoms with Crippen LogP contribution in [0.1, 0.15) is 6.92 Å². The molecule has 0 aromatic heterocycles. The molecule has 0 bridgehead atoms. The van der Waals surface area contributed by atoms with Crippen molar-refractivity contribution in [2.75, 3.05) is 5.88 Å². The molecule has 0 N–H and O–H groups in total. The van der Waals surface area contributed by atoms with E-state index in [0.717, 1.165) is 0 Å². The first-order valence-corrected chi connectivity index (χ1v) is 6.42. The van der Waals surface area contributed by atoms with Crippen molar-refractivity contribution in [1.82, 2.24) is 0 Å². The van der Waals surface area contributed by atoms with E-state index >= 15 is 0 Å². The number of benzene rings is 1. The fourth-order valence-electron chi connectivity index (χ4n) is 0.981. The molecule has 0 spiro atoms. The normalized spacial score (nSPS) is 12.5. The molecule has 1 atom stereocenters. The molecule has 1 rings (SSSR count). The summed E-state index contributed by atoms with van der Waals surface area (Å²) in [5.74, 6) is 0.470. The average Bonchev–Trinajstić information content (AvgIpc) is 2.20. The predicted molar refractivity (Wildman–Crippen MR) is 66.8 cm³/mol. The fourth-order valence-corrected chi connectivity index (χ4v) is 2.42. The van der Waals surface area contributed by atoms with Crippen LogP contribution < -0.4 is 0 Å². The van der Waals surface area contributed by atoms with E-state index in [9.17, 15) is 10.1 Å². The molecule has 1 aromatic carbocycles. The van der Waals surface area contributed by atoms with Crippen molar-refractivity contribution >= 4 is 45.0 Å². The zero-order valence-corrected chi connectivity index (χ0v) is 11.1. The Kier molecular flexibility index (Phi) is 4.89. The van der Waals surface area contributed by atoms with Crippen LogP contribution in [0.5, 0.6) is 0 Å². The van der Waals surface area contributed by atoms with Crippen molar-refractivity contribution < 1.29 is 4.92 Å². The Labute approximate surface area is 105 Å². The molecule has 0 radical (unpaired) electrons. The Hall–Kier alpha value is -0.260. The maximum absolute atomic E-state index is 10.8. The third kappa shape index (κ3) is 3.66. The van der Waals surface area contributed by atoms with Crippen molar-refractivity contribution in [2.24, 2.45) is 0 Å². The first-order valence-electron chi connectivity index (χ1n) is 4.21. The van der Waals surface area contributed by atoms with Crippen molar-refractivity contribution in [2.45, 2.75) is 17.1 Å². The minimum absolute atomic E-state index is 0.117. The van der Waals surface area contributed by atoms with Gasteiger partial charge in [0.15, 0.2) is 0 Å². The van der Waals surface area contributed by atoms with Crippen molar-refractivity contribution in [3.05, 3.63) is 32.8 Å². The van der Waals surface area contributed by atoms with E-state index in [-0.39, 0.29) is 15.9 Å². The minimum atomic E-state index is -0.381. The number of hydrogen-bond donors (Lipinski definition) is 0. The van der Waals surface area contributed by atoms with Crippen molar-refractivity contribution in [3.63, 3.8) is 0 Å². The Morgan fingerprint density at radius 3 is 2.87 bits per heavy atom. The molecule has 3 nitrogen and oxygen atoms in total. The lowest BCUT2D eigenvalue weighted by atomic mass is 10.3. The third-order valence-electron chi connectivity index (χ3n) is 1.66. The number of rotatable bonds is 4. The van der Waals surface area contributed by atoms with Gasteiger partial charge in [0, 0.05) is 21.7 Å². The molecular weight excluding hydrogens is 302 g/mol. The molecule has 82 valence electrons. The highest BCUT2D eigenvalue weighted by molar-refractivity contribution is 9.10. The first kappa shape index (κ1) is 12.8. The molecule has 0 saturated heterocycles. The Bertz CT molecular complexity index is 375. The standard InChI is InChI=1S/C9H9BrClNO2S/c1-6(5-11)15-9-3-2-7(10)4-8(9)12(13)14/h2-4,6H,5H2,1H3. The van der Waals surface area contributed by atoms with Gasteiger partial charge in [0.25, 0.3) is 5.69 Å². The second-order valence-electron chi connectivity index (χ2n) is 2.95. The highest BCUT2D eigenvalue weighted by Gasteiger charge is 2.16. The number of alkyl halides is 1. The monoisotopic (exact) mass is 309 g/mol. The summed E-state index contributed by atoms with van der Waals surface area (Å²) < 4.78 is 0.706. The van der Waals surface area contributed by atoms with Crippen molar-refractivity contribution in [3.8, 4) is 0 Å². The molecule has 0 fully saturated rings. The van der Waals surface area contributed by atoms with E-state index in [1.165, 1.54) is 17.8 Å². The summed E-state index contributed by atoms with van der Waals surface area (Å²) in [6.07, 6.45) is 0. The number of halogens is 2. The van der Waals surface area contributed by atoms with Crippen LogP contribution in [0.4, 0.5) is 5.69 Å². The Balaban J connectivity index is 3.01. The summed E-state index contributed by atoms with van der Waals surface area (Å²) in [5.41, 5.74) is 0.117. The number of nitro groups is 1. The van der Waals surface area contributed by atoms with Crippen LogP contribution in [-0.4, -0.2) is 16.1 Å². The summed E-state index contributed by atoms with van der Waals surface area (Å²) in [6, 6.07) is 5.02. The number of nitro benzene ring substituents is 1. The Morgan fingerprint density at radius 2 is 2.33 bits per heavy atom. The minimum Gasteiger partial charge on any atom is -0.258 e. The number of thioether (sulfide) groups is 1. The van der Waals surface area contributed by atoms with Gasteiger partial charge < -0.3 is 0 Å². The maximum Gasteiger partial charge on any atom is 0.284 e. The van der Waals surface area contributed by atoms with Gasteiger partial charge in [0.1, 0.15) is 0 Å². The first-order chi connectivity index (χ1) is 7.04. The molecule has 0 amide bonds. The van der Waals surface area contributed by atoms with Crippen LogP contribution in [0.3, 0.4) is 0 Å². The number of hydrogen-bond acceptors (Lipinski definition) is 3. The third-order valence-corrected chi connectivity index (χ3v) is 3.97. The molecular formula is C9H9BrClNO2S. The highest BCUT2D eigenvalue weighted by atomic mass is 79.9. The van der Waals surface area contributed by atoms with Crippen LogP contribution in [0, 0.1) is 10.1 Å². The van der Waals surface area contributed by atoms with Crippen LogP contribution in [0.15, 0.2) is 27.6 Å². The zero-order valence-electron chi connectivity index (χ0n) is 7.94. The molecule has 6 heteroatoms. The lowest BCUT2D eigenvalue weighted by Gasteiger charge is -2.07. The lowest BCUT2D eigenvalue weighted by molar-refractivity contribution is -0.387. The van der Waals surface area contributed by atoms with Gasteiger partial charge in [0.05, 0.1) is 9.82 Å². The molecule has 0 aliphatic rings. The van der Waals surface area contributed by atoms with Crippen LogP contribution in [0.2, 0.25) is 0 Å². The van der Waals surface area contributed by atoms with E-state index in [4.69, 9.17) is 11.6 Å². The van der Waals surface area contributed by atoms with Gasteiger partial charge in [-0.05, 0) is 12.1 Å². The second kappa shape index (κ2) is 5.72. The van der Waals surface area contributed by atoms with Crippen molar-refractivity contribution in [1.29, 1.82) is 0 Å².